The zero-order chi connectivity index (χ0) is 10.4. The quantitative estimate of drug-likeness (QED) is 0.727. The summed E-state index contributed by atoms with van der Waals surface area (Å²) in [6.07, 6.45) is -0.649. The summed E-state index contributed by atoms with van der Waals surface area (Å²) in [5.74, 6) is 4.46. The second-order valence-corrected chi connectivity index (χ2v) is 3.44. The fraction of sp³-hybridized carbons (Fsp3) is 0.300. The first kappa shape index (κ1) is 10.8. The first-order valence-electron chi connectivity index (χ1n) is 4.14. The highest BCUT2D eigenvalue weighted by Crippen LogP contribution is 2.14. The summed E-state index contributed by atoms with van der Waals surface area (Å²) in [5, 5.41) is 15.8. The van der Waals surface area contributed by atoms with E-state index in [4.69, 9.17) is 0 Å². The van der Waals surface area contributed by atoms with E-state index in [-0.39, 0.29) is 12.5 Å². The van der Waals surface area contributed by atoms with Crippen LogP contribution in [0.4, 0.5) is 0 Å². The normalized spacial score (nSPS) is 11.3. The summed E-state index contributed by atoms with van der Waals surface area (Å²) < 4.78 is 0. The Morgan fingerprint density at radius 2 is 2.57 bits per heavy atom. The van der Waals surface area contributed by atoms with E-state index in [0.717, 1.165) is 5.56 Å². The van der Waals surface area contributed by atoms with E-state index in [9.17, 15) is 9.90 Å². The van der Waals surface area contributed by atoms with Crippen molar-refractivity contribution in [3.63, 3.8) is 0 Å². The van der Waals surface area contributed by atoms with Gasteiger partial charge in [-0.1, -0.05) is 5.92 Å². The van der Waals surface area contributed by atoms with Gasteiger partial charge in [0.2, 0.25) is 0 Å². The van der Waals surface area contributed by atoms with Gasteiger partial charge in [-0.3, -0.25) is 4.79 Å². The van der Waals surface area contributed by atoms with Crippen molar-refractivity contribution in [2.75, 3.05) is 6.54 Å². The van der Waals surface area contributed by atoms with Crippen molar-refractivity contribution in [1.82, 2.24) is 5.32 Å². The van der Waals surface area contributed by atoms with E-state index in [1.165, 1.54) is 11.3 Å². The first-order chi connectivity index (χ1) is 6.74. The largest absolute Gasteiger partial charge is 0.387 e. The third kappa shape index (κ3) is 3.21. The molecule has 74 valence electrons. The third-order valence-electron chi connectivity index (χ3n) is 1.62. The van der Waals surface area contributed by atoms with E-state index in [1.807, 2.05) is 16.8 Å². The Hall–Kier alpha value is -1.31. The number of carbonyl (C=O) groups excluding carboxylic acids is 1. The van der Waals surface area contributed by atoms with Crippen molar-refractivity contribution in [3.05, 3.63) is 22.4 Å². The second kappa shape index (κ2) is 5.43. The number of thiophene rings is 1. The maximum Gasteiger partial charge on any atom is 0.295 e. The molecular formula is C10H11NO2S. The lowest BCUT2D eigenvalue weighted by Crippen LogP contribution is -2.26. The molecule has 0 saturated heterocycles. The van der Waals surface area contributed by atoms with Crippen LogP contribution in [0.5, 0.6) is 0 Å². The smallest absolute Gasteiger partial charge is 0.295 e. The van der Waals surface area contributed by atoms with Crippen molar-refractivity contribution in [1.29, 1.82) is 0 Å². The topological polar surface area (TPSA) is 49.3 Å². The molecule has 1 unspecified atom stereocenters. The van der Waals surface area contributed by atoms with Crippen LogP contribution in [0, 0.1) is 11.8 Å². The lowest BCUT2D eigenvalue weighted by molar-refractivity contribution is -0.116. The predicted octanol–water partition coefficient (Wildman–Crippen LogP) is 0.921. The van der Waals surface area contributed by atoms with E-state index in [1.54, 1.807) is 6.92 Å². The standard InChI is InChI=1S/C10H11NO2S/c1-2-3-10(13)11-6-9(12)8-4-5-14-7-8/h4-5,7,9,12H,6H2,1H3,(H,11,13). The van der Waals surface area contributed by atoms with E-state index in [2.05, 4.69) is 17.2 Å². The molecule has 14 heavy (non-hydrogen) atoms. The second-order valence-electron chi connectivity index (χ2n) is 2.66. The van der Waals surface area contributed by atoms with Gasteiger partial charge in [-0.05, 0) is 35.2 Å². The lowest BCUT2D eigenvalue weighted by Gasteiger charge is -2.07. The van der Waals surface area contributed by atoms with Crippen molar-refractivity contribution in [3.8, 4) is 11.8 Å². The number of hydrogen-bond acceptors (Lipinski definition) is 3. The number of aliphatic hydroxyl groups is 1. The maximum atomic E-state index is 10.9. The van der Waals surface area contributed by atoms with Crippen LogP contribution in [0.15, 0.2) is 16.8 Å². The van der Waals surface area contributed by atoms with E-state index >= 15 is 0 Å². The van der Waals surface area contributed by atoms with Crippen LogP contribution in [0.25, 0.3) is 0 Å². The minimum atomic E-state index is -0.649. The average Bonchev–Trinajstić information content (AvgIpc) is 2.67. The SMILES string of the molecule is CC#CC(=O)NCC(O)c1ccsc1. The molecule has 4 heteroatoms. The molecule has 0 saturated carbocycles. The summed E-state index contributed by atoms with van der Waals surface area (Å²) in [4.78, 5) is 10.9. The van der Waals surface area contributed by atoms with Crippen molar-refractivity contribution < 1.29 is 9.90 Å². The molecular weight excluding hydrogens is 198 g/mol. The van der Waals surface area contributed by atoms with Crippen LogP contribution in [0.1, 0.15) is 18.6 Å². The monoisotopic (exact) mass is 209 g/mol. The molecule has 3 nitrogen and oxygen atoms in total. The lowest BCUT2D eigenvalue weighted by atomic mass is 10.2. The van der Waals surface area contributed by atoms with Crippen molar-refractivity contribution in [2.24, 2.45) is 0 Å². The van der Waals surface area contributed by atoms with E-state index < -0.39 is 6.10 Å². The Bertz CT molecular complexity index is 348. The molecule has 1 aromatic heterocycles. The minimum Gasteiger partial charge on any atom is -0.387 e. The zero-order valence-electron chi connectivity index (χ0n) is 7.78. The molecule has 0 aliphatic rings. The van der Waals surface area contributed by atoms with Crippen LogP contribution >= 0.6 is 11.3 Å². The van der Waals surface area contributed by atoms with Crippen molar-refractivity contribution in [2.45, 2.75) is 13.0 Å². The highest BCUT2D eigenvalue weighted by Gasteiger charge is 2.08. The van der Waals surface area contributed by atoms with E-state index in [0.29, 0.717) is 0 Å². The van der Waals surface area contributed by atoms with Gasteiger partial charge in [0.1, 0.15) is 0 Å². The summed E-state index contributed by atoms with van der Waals surface area (Å²) in [6.45, 7) is 1.79. The highest BCUT2D eigenvalue weighted by atomic mass is 32.1. The molecule has 1 atom stereocenters. The van der Waals surface area contributed by atoms with Crippen LogP contribution in [-0.4, -0.2) is 17.6 Å². The van der Waals surface area contributed by atoms with Crippen LogP contribution in [-0.2, 0) is 4.79 Å². The van der Waals surface area contributed by atoms with Crippen molar-refractivity contribution >= 4 is 17.2 Å². The molecule has 0 aromatic carbocycles. The molecule has 2 N–H and O–H groups in total. The molecule has 1 heterocycles. The van der Waals surface area contributed by atoms with Gasteiger partial charge < -0.3 is 10.4 Å². The summed E-state index contributed by atoms with van der Waals surface area (Å²) >= 11 is 1.51. The number of amides is 1. The molecule has 0 aliphatic heterocycles. The van der Waals surface area contributed by atoms with Crippen LogP contribution in [0.2, 0.25) is 0 Å². The molecule has 0 aliphatic carbocycles. The van der Waals surface area contributed by atoms with Crippen LogP contribution in [0.3, 0.4) is 0 Å². The van der Waals surface area contributed by atoms with Gasteiger partial charge in [-0.2, -0.15) is 11.3 Å². The minimum absolute atomic E-state index is 0.199. The number of nitrogens with one attached hydrogen (secondary N) is 1. The van der Waals surface area contributed by atoms with Crippen LogP contribution < -0.4 is 5.32 Å². The zero-order valence-corrected chi connectivity index (χ0v) is 8.60. The van der Waals surface area contributed by atoms with Gasteiger partial charge in [0, 0.05) is 6.54 Å². The Labute approximate surface area is 86.8 Å². The maximum absolute atomic E-state index is 10.9. The molecule has 0 fully saturated rings. The molecule has 1 amide bonds. The van der Waals surface area contributed by atoms with Gasteiger partial charge in [-0.25, -0.2) is 0 Å². The molecule has 0 radical (unpaired) electrons. The molecule has 1 rings (SSSR count). The fourth-order valence-corrected chi connectivity index (χ4v) is 1.64. The summed E-state index contributed by atoms with van der Waals surface area (Å²) in [5.41, 5.74) is 0.819. The molecule has 0 bridgehead atoms. The Morgan fingerprint density at radius 1 is 1.79 bits per heavy atom. The number of hydrogen-bond donors (Lipinski definition) is 2. The number of rotatable bonds is 3. The van der Waals surface area contributed by atoms with Gasteiger partial charge >= 0.3 is 0 Å². The van der Waals surface area contributed by atoms with Gasteiger partial charge in [0.05, 0.1) is 6.10 Å². The molecule has 1 aromatic rings. The Morgan fingerprint density at radius 3 is 3.14 bits per heavy atom. The molecule has 0 spiro atoms. The first-order valence-corrected chi connectivity index (χ1v) is 5.09. The predicted molar refractivity (Wildman–Crippen MR) is 55.7 cm³/mol. The fourth-order valence-electron chi connectivity index (χ4n) is 0.930. The Kier molecular flexibility index (Phi) is 4.17. The summed E-state index contributed by atoms with van der Waals surface area (Å²) in [6, 6.07) is 1.83. The van der Waals surface area contributed by atoms with Gasteiger partial charge in [0.25, 0.3) is 5.91 Å². The number of carbonyl (C=O) groups is 1. The highest BCUT2D eigenvalue weighted by molar-refractivity contribution is 7.07. The average molecular weight is 209 g/mol. The van der Waals surface area contributed by atoms with Gasteiger partial charge in [-0.15, -0.1) is 0 Å². The summed E-state index contributed by atoms with van der Waals surface area (Å²) in [7, 11) is 0. The number of aliphatic hydroxyl groups excluding tert-OH is 1. The Balaban J connectivity index is 2.38. The third-order valence-corrected chi connectivity index (χ3v) is 2.32. The van der Waals surface area contributed by atoms with Gasteiger partial charge in [0.15, 0.2) is 0 Å².